The summed E-state index contributed by atoms with van der Waals surface area (Å²) in [6.45, 7) is 3.74. The second-order valence-corrected chi connectivity index (χ2v) is 6.46. The van der Waals surface area contributed by atoms with Gasteiger partial charge in [-0.25, -0.2) is 4.79 Å². The monoisotopic (exact) mass is 400 g/mol. The van der Waals surface area contributed by atoms with Gasteiger partial charge in [0.25, 0.3) is 5.91 Å². The van der Waals surface area contributed by atoms with Crippen molar-refractivity contribution in [2.75, 3.05) is 5.32 Å². The van der Waals surface area contributed by atoms with Gasteiger partial charge < -0.3 is 19.8 Å². The van der Waals surface area contributed by atoms with Crippen molar-refractivity contribution in [2.45, 2.75) is 40.4 Å². The maximum absolute atomic E-state index is 12.5. The Bertz CT molecular complexity index is 865. The Hall–Kier alpha value is -2.61. The molecule has 0 fully saturated rings. The lowest BCUT2D eigenvalue weighted by Gasteiger charge is -2.10. The van der Waals surface area contributed by atoms with Crippen molar-refractivity contribution in [3.63, 3.8) is 0 Å². The molecule has 1 heterocycles. The number of aromatic nitrogens is 1. The molecule has 1 aromatic carbocycles. The number of H-pyrrole nitrogens is 1. The number of alkyl halides is 2. The number of ether oxygens (including phenoxy) is 2. The smallest absolute Gasteiger partial charge is 0.387 e. The third-order valence-corrected chi connectivity index (χ3v) is 3.91. The van der Waals surface area contributed by atoms with E-state index in [-0.39, 0.29) is 28.3 Å². The Balaban J connectivity index is 2.22. The summed E-state index contributed by atoms with van der Waals surface area (Å²) in [5.41, 5.74) is 1.71. The van der Waals surface area contributed by atoms with Crippen LogP contribution in [0.25, 0.3) is 0 Å². The van der Waals surface area contributed by atoms with E-state index in [1.165, 1.54) is 18.2 Å². The number of hydrogen-bond acceptors (Lipinski definition) is 4. The van der Waals surface area contributed by atoms with Crippen molar-refractivity contribution < 1.29 is 27.8 Å². The van der Waals surface area contributed by atoms with Crippen LogP contribution in [0.2, 0.25) is 5.02 Å². The maximum atomic E-state index is 12.5. The number of carbonyl (C=O) groups is 2. The van der Waals surface area contributed by atoms with Crippen LogP contribution in [0.5, 0.6) is 5.75 Å². The first kappa shape index (κ1) is 20.7. The van der Waals surface area contributed by atoms with Gasteiger partial charge in [-0.1, -0.05) is 11.6 Å². The summed E-state index contributed by atoms with van der Waals surface area (Å²) in [6, 6.07) is 3.89. The largest absolute Gasteiger partial charge is 0.459 e. The van der Waals surface area contributed by atoms with Crippen molar-refractivity contribution in [3.05, 3.63) is 45.7 Å². The average Bonchev–Trinajstić information content (AvgIpc) is 2.84. The first-order valence-corrected chi connectivity index (χ1v) is 8.43. The van der Waals surface area contributed by atoms with Crippen molar-refractivity contribution in [2.24, 2.45) is 0 Å². The van der Waals surface area contributed by atoms with Gasteiger partial charge in [0, 0.05) is 11.4 Å². The number of carbonyl (C=O) groups excluding carboxylic acids is 2. The highest BCUT2D eigenvalue weighted by Gasteiger charge is 2.24. The fraction of sp³-hybridized carbons (Fsp3) is 0.333. The quantitative estimate of drug-likeness (QED) is 0.688. The summed E-state index contributed by atoms with van der Waals surface area (Å²) in [5, 5.41) is 2.52. The molecule has 27 heavy (non-hydrogen) atoms. The molecule has 1 aromatic heterocycles. The van der Waals surface area contributed by atoms with Gasteiger partial charge in [-0.05, 0) is 51.5 Å². The molecule has 2 aromatic rings. The number of aryl methyl sites for hydroxylation is 1. The molecule has 2 N–H and O–H groups in total. The molecule has 0 spiro atoms. The fourth-order valence-corrected chi connectivity index (χ4v) is 2.75. The second kappa shape index (κ2) is 8.39. The van der Waals surface area contributed by atoms with Crippen LogP contribution in [-0.2, 0) is 4.74 Å². The van der Waals surface area contributed by atoms with E-state index in [1.807, 2.05) is 0 Å². The predicted octanol–water partition coefficient (Wildman–Crippen LogP) is 4.70. The molecule has 1 amide bonds. The topological polar surface area (TPSA) is 80.4 Å². The van der Waals surface area contributed by atoms with E-state index in [2.05, 4.69) is 15.0 Å². The molecular formula is C18H19ClF2N2O4. The number of aromatic amines is 1. The number of nitrogens with one attached hydrogen (secondary N) is 2. The molecule has 9 heteroatoms. The Morgan fingerprint density at radius 2 is 1.89 bits per heavy atom. The fourth-order valence-electron chi connectivity index (χ4n) is 2.52. The molecule has 0 radical (unpaired) electrons. The van der Waals surface area contributed by atoms with Crippen molar-refractivity contribution >= 4 is 29.2 Å². The van der Waals surface area contributed by atoms with Gasteiger partial charge in [-0.3, -0.25) is 4.79 Å². The van der Waals surface area contributed by atoms with Crippen LogP contribution in [0.1, 0.15) is 46.0 Å². The Morgan fingerprint density at radius 1 is 1.22 bits per heavy atom. The minimum atomic E-state index is -3.00. The number of esters is 1. The number of benzene rings is 1. The Kier molecular flexibility index (Phi) is 6.43. The lowest BCUT2D eigenvalue weighted by Crippen LogP contribution is -2.15. The van der Waals surface area contributed by atoms with Gasteiger partial charge in [0.15, 0.2) is 0 Å². The summed E-state index contributed by atoms with van der Waals surface area (Å²) in [5.74, 6) is -1.24. The minimum Gasteiger partial charge on any atom is -0.459 e. The molecule has 0 aliphatic heterocycles. The Morgan fingerprint density at radius 3 is 2.44 bits per heavy atom. The molecule has 0 bridgehead atoms. The predicted molar refractivity (Wildman–Crippen MR) is 96.9 cm³/mol. The Labute approximate surface area is 159 Å². The zero-order valence-corrected chi connectivity index (χ0v) is 15.9. The van der Waals surface area contributed by atoms with Gasteiger partial charge in [0.2, 0.25) is 0 Å². The van der Waals surface area contributed by atoms with E-state index in [9.17, 15) is 18.4 Å². The van der Waals surface area contributed by atoms with Crippen molar-refractivity contribution in [1.82, 2.24) is 4.98 Å². The summed E-state index contributed by atoms with van der Waals surface area (Å²) >= 11 is 5.87. The third-order valence-electron chi connectivity index (χ3n) is 3.62. The second-order valence-electron chi connectivity index (χ2n) is 6.06. The minimum absolute atomic E-state index is 0.0753. The number of anilines is 1. The number of rotatable bonds is 6. The van der Waals surface area contributed by atoms with Crippen LogP contribution in [0.15, 0.2) is 18.2 Å². The third kappa shape index (κ3) is 4.97. The molecule has 0 saturated heterocycles. The summed E-state index contributed by atoms with van der Waals surface area (Å²) < 4.78 is 34.0. The van der Waals surface area contributed by atoms with Gasteiger partial charge in [-0.15, -0.1) is 0 Å². The molecule has 0 atom stereocenters. The van der Waals surface area contributed by atoms with Crippen LogP contribution < -0.4 is 10.1 Å². The zero-order valence-electron chi connectivity index (χ0n) is 15.2. The van der Waals surface area contributed by atoms with Crippen LogP contribution in [0.3, 0.4) is 0 Å². The lowest BCUT2D eigenvalue weighted by molar-refractivity contribution is -0.0497. The molecule has 0 saturated carbocycles. The van der Waals surface area contributed by atoms with Gasteiger partial charge >= 0.3 is 12.6 Å². The molecular weight excluding hydrogens is 382 g/mol. The molecule has 146 valence electrons. The van der Waals surface area contributed by atoms with E-state index in [0.29, 0.717) is 16.8 Å². The standard InChI is InChI=1S/C18H19ClF2N2O4/c1-8(2)26-17(25)14-9(3)15(22-10(14)4)16(24)23-11-5-6-13(12(19)7-11)27-18(20)21/h5-8,18,22H,1-4H3,(H,23,24). The van der Waals surface area contributed by atoms with E-state index in [0.717, 1.165) is 0 Å². The van der Waals surface area contributed by atoms with Gasteiger partial charge in [0.1, 0.15) is 11.4 Å². The normalized spacial score (nSPS) is 11.0. The van der Waals surface area contributed by atoms with Crippen molar-refractivity contribution in [3.8, 4) is 5.75 Å². The van der Waals surface area contributed by atoms with E-state index >= 15 is 0 Å². The molecule has 0 unspecified atom stereocenters. The van der Waals surface area contributed by atoms with E-state index in [4.69, 9.17) is 16.3 Å². The van der Waals surface area contributed by atoms with Crippen LogP contribution in [0.4, 0.5) is 14.5 Å². The molecule has 6 nitrogen and oxygen atoms in total. The van der Waals surface area contributed by atoms with E-state index < -0.39 is 18.5 Å². The average molecular weight is 401 g/mol. The highest BCUT2D eigenvalue weighted by molar-refractivity contribution is 6.32. The van der Waals surface area contributed by atoms with Crippen molar-refractivity contribution in [1.29, 1.82) is 0 Å². The van der Waals surface area contributed by atoms with Crippen LogP contribution in [0, 0.1) is 13.8 Å². The SMILES string of the molecule is Cc1[nH]c(C(=O)Nc2ccc(OC(F)F)c(Cl)c2)c(C)c1C(=O)OC(C)C. The molecule has 2 rings (SSSR count). The maximum Gasteiger partial charge on any atom is 0.387 e. The van der Waals surface area contributed by atoms with Gasteiger partial charge in [0.05, 0.1) is 16.7 Å². The van der Waals surface area contributed by atoms with E-state index in [1.54, 1.807) is 27.7 Å². The highest BCUT2D eigenvalue weighted by Crippen LogP contribution is 2.29. The first-order chi connectivity index (χ1) is 12.6. The van der Waals surface area contributed by atoms with Gasteiger partial charge in [-0.2, -0.15) is 8.78 Å². The van der Waals surface area contributed by atoms with Crippen LogP contribution >= 0.6 is 11.6 Å². The molecule has 0 aliphatic carbocycles. The summed E-state index contributed by atoms with van der Waals surface area (Å²) in [7, 11) is 0. The highest BCUT2D eigenvalue weighted by atomic mass is 35.5. The molecule has 0 aliphatic rings. The first-order valence-electron chi connectivity index (χ1n) is 8.06. The lowest BCUT2D eigenvalue weighted by atomic mass is 10.1. The number of halogens is 3. The number of hydrogen-bond donors (Lipinski definition) is 2. The number of amides is 1. The summed E-state index contributed by atoms with van der Waals surface area (Å²) in [6.07, 6.45) is -0.292. The van der Waals surface area contributed by atoms with Crippen LogP contribution in [-0.4, -0.2) is 29.6 Å². The zero-order chi connectivity index (χ0) is 20.3. The summed E-state index contributed by atoms with van der Waals surface area (Å²) in [4.78, 5) is 27.6.